The molecule has 0 saturated carbocycles. The van der Waals surface area contributed by atoms with Crippen LogP contribution in [0, 0.1) is 0 Å². The van der Waals surface area contributed by atoms with Gasteiger partial charge >= 0.3 is 5.97 Å². The third kappa shape index (κ3) is 5.33. The molecule has 1 unspecified atom stereocenters. The Balaban J connectivity index is 1.78. The number of carbonyl (C=O) groups is 2. The van der Waals surface area contributed by atoms with Crippen molar-refractivity contribution in [2.24, 2.45) is 5.16 Å². The molecule has 1 aliphatic heterocycles. The highest BCUT2D eigenvalue weighted by atomic mass is 16.7. The molecule has 2 aromatic rings. The van der Waals surface area contributed by atoms with Crippen LogP contribution < -0.4 is 14.8 Å². The number of rotatable bonds is 9. The van der Waals surface area contributed by atoms with E-state index in [4.69, 9.17) is 14.3 Å². The van der Waals surface area contributed by atoms with E-state index in [1.165, 1.54) is 7.11 Å². The van der Waals surface area contributed by atoms with Crippen LogP contribution in [0.2, 0.25) is 0 Å². The number of ether oxygens (including phenoxy) is 2. The zero-order valence-electron chi connectivity index (χ0n) is 17.8. The van der Waals surface area contributed by atoms with Crippen LogP contribution in [0.3, 0.4) is 0 Å². The van der Waals surface area contributed by atoms with Gasteiger partial charge in [0.2, 0.25) is 5.60 Å². The number of carboxylic acid groups (broad SMARTS) is 1. The van der Waals surface area contributed by atoms with E-state index in [2.05, 4.69) is 10.5 Å². The predicted octanol–water partition coefficient (Wildman–Crippen LogP) is 3.14. The number of carboxylic acids is 1. The Bertz CT molecular complexity index is 973. The van der Waals surface area contributed by atoms with Crippen LogP contribution in [-0.2, 0) is 21.0 Å². The van der Waals surface area contributed by atoms with Crippen LogP contribution in [0.1, 0.15) is 37.8 Å². The molecule has 0 radical (unpaired) electrons. The van der Waals surface area contributed by atoms with Crippen molar-refractivity contribution in [3.63, 3.8) is 0 Å². The van der Waals surface area contributed by atoms with E-state index in [1.807, 2.05) is 44.2 Å². The molecular formula is C23H26N2O6. The molecule has 1 aliphatic rings. The Morgan fingerprint density at radius 1 is 1.19 bits per heavy atom. The number of aliphatic carboxylic acids is 1. The maximum absolute atomic E-state index is 12.9. The lowest BCUT2D eigenvalue weighted by atomic mass is 9.90. The summed E-state index contributed by atoms with van der Waals surface area (Å²) in [6.07, 6.45) is -0.511. The summed E-state index contributed by atoms with van der Waals surface area (Å²) in [6.45, 7) is 4.09. The van der Waals surface area contributed by atoms with Crippen LogP contribution in [0.4, 0.5) is 0 Å². The molecule has 8 heteroatoms. The fourth-order valence-electron chi connectivity index (χ4n) is 3.31. The lowest BCUT2D eigenvalue weighted by Crippen LogP contribution is -2.48. The molecule has 1 heterocycles. The molecule has 0 fully saturated rings. The first-order valence-electron chi connectivity index (χ1n) is 9.97. The average molecular weight is 426 g/mol. The molecule has 2 N–H and O–H groups in total. The summed E-state index contributed by atoms with van der Waals surface area (Å²) >= 11 is 0. The summed E-state index contributed by atoms with van der Waals surface area (Å²) in [5, 5.41) is 16.2. The van der Waals surface area contributed by atoms with E-state index >= 15 is 0 Å². The number of benzene rings is 2. The van der Waals surface area contributed by atoms with Crippen LogP contribution in [0.15, 0.2) is 53.7 Å². The average Bonchev–Trinajstić information content (AvgIpc) is 3.17. The Morgan fingerprint density at radius 3 is 2.58 bits per heavy atom. The van der Waals surface area contributed by atoms with Crippen LogP contribution >= 0.6 is 0 Å². The topological polar surface area (TPSA) is 106 Å². The Morgan fingerprint density at radius 2 is 1.94 bits per heavy atom. The largest absolute Gasteiger partial charge is 0.493 e. The lowest BCUT2D eigenvalue weighted by Gasteiger charge is -2.23. The van der Waals surface area contributed by atoms with Gasteiger partial charge in [-0.1, -0.05) is 35.5 Å². The predicted molar refractivity (Wildman–Crippen MR) is 114 cm³/mol. The van der Waals surface area contributed by atoms with Crippen LogP contribution in [0.25, 0.3) is 0 Å². The van der Waals surface area contributed by atoms with Gasteiger partial charge in [-0.15, -0.1) is 0 Å². The Hall–Kier alpha value is -3.55. The van der Waals surface area contributed by atoms with Crippen molar-refractivity contribution < 1.29 is 29.0 Å². The standard InChI is InChI=1S/C23H26N2O6/c1-15(2)30-19-10-9-17(11-20(19)29-3)18-12-23(31-25-18,13-21(26)27)22(28)24-14-16-7-5-4-6-8-16/h4-11,15H,12-14H2,1-3H3,(H,24,28)(H,26,27). The second kappa shape index (κ2) is 9.51. The molecular weight excluding hydrogens is 400 g/mol. The molecule has 0 aromatic heterocycles. The van der Waals surface area contributed by atoms with Crippen molar-refractivity contribution in [3.8, 4) is 11.5 Å². The SMILES string of the molecule is COc1cc(C2=NOC(CC(=O)O)(C(=O)NCc3ccccc3)C2)ccc1OC(C)C. The maximum atomic E-state index is 12.9. The smallest absolute Gasteiger partial charge is 0.308 e. The number of hydrogen-bond acceptors (Lipinski definition) is 6. The van der Waals surface area contributed by atoms with Gasteiger partial charge < -0.3 is 24.7 Å². The van der Waals surface area contributed by atoms with Crippen molar-refractivity contribution in [1.29, 1.82) is 0 Å². The summed E-state index contributed by atoms with van der Waals surface area (Å²) in [5.41, 5.74) is 0.406. The number of nitrogens with zero attached hydrogens (tertiary/aromatic N) is 1. The van der Waals surface area contributed by atoms with E-state index < -0.39 is 23.9 Å². The monoisotopic (exact) mass is 426 g/mol. The first-order valence-corrected chi connectivity index (χ1v) is 9.97. The molecule has 2 aromatic carbocycles. The normalized spacial score (nSPS) is 17.6. The maximum Gasteiger partial charge on any atom is 0.308 e. The van der Waals surface area contributed by atoms with Crippen molar-refractivity contribution >= 4 is 17.6 Å². The fourth-order valence-corrected chi connectivity index (χ4v) is 3.31. The van der Waals surface area contributed by atoms with E-state index in [-0.39, 0.29) is 19.1 Å². The van der Waals surface area contributed by atoms with E-state index in [9.17, 15) is 14.7 Å². The molecule has 0 spiro atoms. The molecule has 3 rings (SSSR count). The summed E-state index contributed by atoms with van der Waals surface area (Å²) in [7, 11) is 1.53. The van der Waals surface area contributed by atoms with Gasteiger partial charge in [-0.3, -0.25) is 9.59 Å². The zero-order valence-corrected chi connectivity index (χ0v) is 17.8. The number of carbonyl (C=O) groups excluding carboxylic acids is 1. The van der Waals surface area contributed by atoms with Gasteiger partial charge in [0.15, 0.2) is 11.5 Å². The molecule has 164 valence electrons. The van der Waals surface area contributed by atoms with Gasteiger partial charge in [0, 0.05) is 18.5 Å². The first-order chi connectivity index (χ1) is 14.8. The minimum Gasteiger partial charge on any atom is -0.493 e. The lowest BCUT2D eigenvalue weighted by molar-refractivity contribution is -0.156. The molecule has 0 aliphatic carbocycles. The van der Waals surface area contributed by atoms with Gasteiger partial charge in [-0.2, -0.15) is 0 Å². The third-order valence-electron chi connectivity index (χ3n) is 4.79. The summed E-state index contributed by atoms with van der Waals surface area (Å²) in [6, 6.07) is 14.6. The number of hydrogen-bond donors (Lipinski definition) is 2. The van der Waals surface area contributed by atoms with Gasteiger partial charge in [0.25, 0.3) is 5.91 Å². The first kappa shape index (κ1) is 22.1. The highest BCUT2D eigenvalue weighted by molar-refractivity contribution is 6.06. The summed E-state index contributed by atoms with van der Waals surface area (Å²) < 4.78 is 11.1. The summed E-state index contributed by atoms with van der Waals surface area (Å²) in [5.74, 6) is -0.579. The number of nitrogens with one attached hydrogen (secondary N) is 1. The van der Waals surface area contributed by atoms with Gasteiger partial charge in [-0.25, -0.2) is 0 Å². The molecule has 31 heavy (non-hydrogen) atoms. The van der Waals surface area contributed by atoms with Crippen molar-refractivity contribution in [3.05, 3.63) is 59.7 Å². The third-order valence-corrected chi connectivity index (χ3v) is 4.79. The quantitative estimate of drug-likeness (QED) is 0.638. The molecule has 8 nitrogen and oxygen atoms in total. The minimum absolute atomic E-state index is 0.0213. The number of oxime groups is 1. The zero-order chi connectivity index (χ0) is 22.4. The van der Waals surface area contributed by atoms with Crippen molar-refractivity contribution in [1.82, 2.24) is 5.32 Å². The van der Waals surface area contributed by atoms with E-state index in [1.54, 1.807) is 18.2 Å². The molecule has 1 atom stereocenters. The molecule has 0 bridgehead atoms. The molecule has 0 saturated heterocycles. The summed E-state index contributed by atoms with van der Waals surface area (Å²) in [4.78, 5) is 29.9. The minimum atomic E-state index is -1.61. The fraction of sp³-hybridized carbons (Fsp3) is 0.348. The van der Waals surface area contributed by atoms with Crippen molar-refractivity contribution in [2.75, 3.05) is 7.11 Å². The van der Waals surface area contributed by atoms with Crippen molar-refractivity contribution in [2.45, 2.75) is 44.9 Å². The van der Waals surface area contributed by atoms with Gasteiger partial charge in [0.1, 0.15) is 0 Å². The van der Waals surface area contributed by atoms with Gasteiger partial charge in [-0.05, 0) is 37.6 Å². The Kier molecular flexibility index (Phi) is 6.79. The van der Waals surface area contributed by atoms with Gasteiger partial charge in [0.05, 0.1) is 25.3 Å². The highest BCUT2D eigenvalue weighted by Crippen LogP contribution is 2.34. The highest BCUT2D eigenvalue weighted by Gasteiger charge is 2.48. The van der Waals surface area contributed by atoms with Crippen LogP contribution in [0.5, 0.6) is 11.5 Å². The second-order valence-electron chi connectivity index (χ2n) is 7.57. The number of amides is 1. The molecule has 1 amide bonds. The second-order valence-corrected chi connectivity index (χ2v) is 7.57. The Labute approximate surface area is 180 Å². The van der Waals surface area contributed by atoms with Crippen LogP contribution in [-0.4, -0.2) is 41.5 Å². The number of methoxy groups -OCH3 is 1. The van der Waals surface area contributed by atoms with E-state index in [0.29, 0.717) is 22.8 Å². The van der Waals surface area contributed by atoms with E-state index in [0.717, 1.165) is 5.56 Å².